The normalized spacial score (nSPS) is 11.2. The van der Waals surface area contributed by atoms with E-state index in [1.807, 2.05) is 30.3 Å². The van der Waals surface area contributed by atoms with E-state index in [0.29, 0.717) is 11.1 Å². The van der Waals surface area contributed by atoms with Gasteiger partial charge in [-0.3, -0.25) is 10.1 Å². The molecule has 1 N–H and O–H groups in total. The summed E-state index contributed by atoms with van der Waals surface area (Å²) in [6.07, 6.45) is 0. The van der Waals surface area contributed by atoms with Gasteiger partial charge in [0.05, 0.1) is 37.5 Å². The van der Waals surface area contributed by atoms with Gasteiger partial charge in [-0.1, -0.05) is 114 Å². The van der Waals surface area contributed by atoms with E-state index >= 15 is 0 Å². The molecule has 0 heterocycles. The molecular weight excluding hydrogens is 966 g/mol. The number of nitro groups is 1. The van der Waals surface area contributed by atoms with Crippen LogP contribution in [0.2, 0.25) is 0 Å². The first kappa shape index (κ1) is 55.8. The van der Waals surface area contributed by atoms with Gasteiger partial charge in [0.25, 0.3) is 5.69 Å². The first-order valence-corrected chi connectivity index (χ1v) is 20.5. The first-order chi connectivity index (χ1) is 29.5. The number of para-hydroxylation sites is 1. The number of non-ortho nitro benzene ring substituents is 1. The second-order valence-corrected chi connectivity index (χ2v) is 15.8. The zero-order valence-electron chi connectivity index (χ0n) is 34.6. The zero-order valence-corrected chi connectivity index (χ0v) is 43.5. The second kappa shape index (κ2) is 23.5. The molecule has 0 atom stereocenters. The molecule has 0 amide bonds. The van der Waals surface area contributed by atoms with Crippen molar-refractivity contribution in [1.82, 2.24) is 0 Å². The van der Waals surface area contributed by atoms with Crippen LogP contribution in [-0.4, -0.2) is 30.9 Å². The van der Waals surface area contributed by atoms with E-state index in [9.17, 15) is 56.5 Å². The van der Waals surface area contributed by atoms with E-state index in [1.54, 1.807) is 48.5 Å². The molecule has 0 bridgehead atoms. The quantitative estimate of drug-likeness (QED) is 0.0563. The summed E-state index contributed by atoms with van der Waals surface area (Å²) in [7, 11) is -10.0. The Balaban J connectivity index is 0.000000335. The van der Waals surface area contributed by atoms with Gasteiger partial charge in [-0.2, -0.15) is 15.3 Å². The molecule has 0 aliphatic heterocycles. The number of rotatable bonds is 9. The van der Waals surface area contributed by atoms with Crippen LogP contribution in [0.1, 0.15) is 0 Å². The first-order valence-electron chi connectivity index (χ1n) is 17.7. The fourth-order valence-corrected chi connectivity index (χ4v) is 7.58. The number of nitrogens with zero attached hydrogens (tertiary/aromatic N) is 5. The fourth-order valence-electron chi connectivity index (χ4n) is 6.24. The number of nitro benzene ring substituents is 1. The van der Waals surface area contributed by atoms with Crippen molar-refractivity contribution in [3.05, 3.63) is 150 Å². The molecule has 0 spiro atoms. The molecule has 0 aliphatic carbocycles. The number of benzene rings is 8. The average molecular weight is 990 g/mol. The Labute approximate surface area is 452 Å². The third-order valence-electron chi connectivity index (χ3n) is 9.10. The predicted octanol–water partition coefficient (Wildman–Crippen LogP) is -1.57. The van der Waals surface area contributed by atoms with Crippen molar-refractivity contribution < 1.29 is 157 Å². The number of nitrogens with one attached hydrogen (secondary N) is 1. The maximum atomic E-state index is 13.0. The molecule has 0 aromatic heterocycles. The topological polar surface area (TPSA) is 311 Å². The summed E-state index contributed by atoms with van der Waals surface area (Å²) in [5.74, 6) is -2.78. The number of hydrogen-bond donors (Lipinski definition) is 1. The van der Waals surface area contributed by atoms with Crippen LogP contribution in [0, 0.1) is 10.1 Å². The minimum Gasteiger partial charge on any atom is -0.871 e. The minimum absolute atomic E-state index is 0. The molecule has 315 valence electrons. The SMILES string of the molecule is O=S(=O)([O-])c1cc([O-])c(N=Nc2c([O-])ccc3ccccc23)c2ccccc12.O=[N+]([O-])c1ccc([O-])c(N=Nc2c(S(=O)(=O)[O-])cc3cc(Nc4ccccc4)ccc3c2[O-])c1.[Cr+3].[Na+].[Na+].[Na+]. The van der Waals surface area contributed by atoms with Gasteiger partial charge >= 0.3 is 106 Å². The Hall–Kier alpha value is -4.51. The molecule has 18 nitrogen and oxygen atoms in total. The molecule has 66 heavy (non-hydrogen) atoms. The summed E-state index contributed by atoms with van der Waals surface area (Å²) in [4.78, 5) is 8.62. The second-order valence-electron chi connectivity index (χ2n) is 13.1. The van der Waals surface area contributed by atoms with Crippen LogP contribution in [-0.2, 0) is 37.6 Å². The van der Waals surface area contributed by atoms with Crippen LogP contribution in [0.25, 0.3) is 32.3 Å². The van der Waals surface area contributed by atoms with Crippen molar-refractivity contribution in [3.8, 4) is 23.0 Å². The Morgan fingerprint density at radius 1 is 0.470 bits per heavy atom. The molecule has 1 radical (unpaired) electrons. The number of anilines is 2. The summed E-state index contributed by atoms with van der Waals surface area (Å²) < 4.78 is 70.1. The fraction of sp³-hybridized carbons (Fsp3) is 0. The standard InChI is InChI=1S/C22H16N4O7S.C20H14N2O5S.Cr.3Na/c27-19-9-7-16(26(29)30)12-18(19)24-25-21-20(34(31,32)33)11-13-10-15(6-8-17(13)22(21)28)23-14-4-2-1-3-5-14;23-16-10-9-12-5-1-2-6-13(12)19(16)21-22-20-15-8-4-3-7-14(15)18(11-17(20)24)28(25,26)27;;;;/h1-12,23,27-28H,(H,31,32,33);1-11,23-24H,(H,25,26,27);;;;/q;;+3;3*+1/p-6. The van der Waals surface area contributed by atoms with Crippen molar-refractivity contribution in [2.24, 2.45) is 20.5 Å². The van der Waals surface area contributed by atoms with Gasteiger partial charge in [0.2, 0.25) is 0 Å². The Morgan fingerprint density at radius 3 is 1.67 bits per heavy atom. The molecule has 8 aromatic carbocycles. The van der Waals surface area contributed by atoms with Crippen molar-refractivity contribution in [2.75, 3.05) is 5.32 Å². The average Bonchev–Trinajstić information content (AvgIpc) is 3.23. The van der Waals surface area contributed by atoms with Crippen LogP contribution in [0.4, 0.5) is 39.8 Å². The smallest absolute Gasteiger partial charge is 0.871 e. The Bertz CT molecular complexity index is 3390. The molecule has 0 saturated carbocycles. The minimum atomic E-state index is -5.17. The van der Waals surface area contributed by atoms with Gasteiger partial charge < -0.3 is 34.8 Å². The third kappa shape index (κ3) is 12.7. The molecule has 8 aromatic rings. The van der Waals surface area contributed by atoms with Gasteiger partial charge in [-0.05, 0) is 52.6 Å². The zero-order chi connectivity index (χ0) is 44.3. The third-order valence-corrected chi connectivity index (χ3v) is 10.8. The number of fused-ring (bicyclic) bond motifs is 3. The van der Waals surface area contributed by atoms with Crippen LogP contribution >= 0.6 is 0 Å². The molecule has 24 heteroatoms. The Morgan fingerprint density at radius 2 is 1.03 bits per heavy atom. The van der Waals surface area contributed by atoms with Crippen molar-refractivity contribution in [2.45, 2.75) is 9.79 Å². The molecule has 0 fully saturated rings. The molecule has 0 unspecified atom stereocenters. The van der Waals surface area contributed by atoms with Crippen molar-refractivity contribution in [1.29, 1.82) is 0 Å². The van der Waals surface area contributed by atoms with Crippen LogP contribution in [0.3, 0.4) is 0 Å². The Kier molecular flexibility index (Phi) is 19.9. The summed E-state index contributed by atoms with van der Waals surface area (Å²) in [6, 6.07) is 34.1. The summed E-state index contributed by atoms with van der Waals surface area (Å²) in [6.45, 7) is 0. The number of azo groups is 2. The monoisotopic (exact) mass is 989 g/mol. The van der Waals surface area contributed by atoms with Crippen LogP contribution < -0.4 is 114 Å². The van der Waals surface area contributed by atoms with E-state index in [2.05, 4.69) is 25.8 Å². The van der Waals surface area contributed by atoms with E-state index in [-0.39, 0.29) is 145 Å². The summed E-state index contributed by atoms with van der Waals surface area (Å²) in [5, 5.41) is 80.5. The largest absolute Gasteiger partial charge is 3.00 e. The van der Waals surface area contributed by atoms with Crippen LogP contribution in [0.15, 0.2) is 170 Å². The van der Waals surface area contributed by atoms with E-state index in [1.165, 1.54) is 30.3 Å². The molecular formula is C42H24CrN6Na3O12S2. The molecule has 0 saturated heterocycles. The van der Waals surface area contributed by atoms with Gasteiger partial charge in [-0.15, -0.1) is 5.11 Å². The summed E-state index contributed by atoms with van der Waals surface area (Å²) in [5.41, 5.74) is -0.532. The van der Waals surface area contributed by atoms with Gasteiger partial charge in [0.1, 0.15) is 20.2 Å². The predicted molar refractivity (Wildman–Crippen MR) is 217 cm³/mol. The van der Waals surface area contributed by atoms with Gasteiger partial charge in [0.15, 0.2) is 0 Å². The maximum Gasteiger partial charge on any atom is 3.00 e. The van der Waals surface area contributed by atoms with Crippen molar-refractivity contribution >= 4 is 92.4 Å². The molecule has 0 aliphatic rings. The van der Waals surface area contributed by atoms with Crippen molar-refractivity contribution in [3.63, 3.8) is 0 Å². The van der Waals surface area contributed by atoms with Gasteiger partial charge in [-0.25, -0.2) is 16.8 Å². The van der Waals surface area contributed by atoms with Crippen LogP contribution in [0.5, 0.6) is 23.0 Å². The molecule has 8 rings (SSSR count). The van der Waals surface area contributed by atoms with Gasteiger partial charge in [0, 0.05) is 39.7 Å². The van der Waals surface area contributed by atoms with E-state index in [0.717, 1.165) is 41.4 Å². The summed E-state index contributed by atoms with van der Waals surface area (Å²) >= 11 is 0. The van der Waals surface area contributed by atoms with E-state index < -0.39 is 69.3 Å². The maximum absolute atomic E-state index is 13.0. The number of hydrogen-bond acceptors (Lipinski definition) is 17. The van der Waals surface area contributed by atoms with E-state index in [4.69, 9.17) is 0 Å².